The lowest BCUT2D eigenvalue weighted by atomic mass is 10.0. The van der Waals surface area contributed by atoms with E-state index in [1.54, 1.807) is 0 Å². The van der Waals surface area contributed by atoms with Crippen LogP contribution in [-0.4, -0.2) is 29.2 Å². The predicted octanol–water partition coefficient (Wildman–Crippen LogP) is 0.128. The molecule has 0 fully saturated rings. The summed E-state index contributed by atoms with van der Waals surface area (Å²) in [4.78, 5) is 21.2. The lowest BCUT2D eigenvalue weighted by molar-refractivity contribution is -0.386. The van der Waals surface area contributed by atoms with E-state index in [2.05, 4.69) is 4.74 Å². The Labute approximate surface area is 97.0 Å². The number of nitrogens with zero attached hydrogens (tertiary/aromatic N) is 1. The molecule has 1 rings (SSSR count). The Bertz CT molecular complexity index is 434. The number of hydrogen-bond acceptors (Lipinski definition) is 6. The van der Waals surface area contributed by atoms with E-state index in [0.717, 1.165) is 7.11 Å². The summed E-state index contributed by atoms with van der Waals surface area (Å²) in [6.07, 6.45) is -1.48. The smallest absolute Gasteiger partial charge is 0.325 e. The number of benzene rings is 1. The fourth-order valence-electron chi connectivity index (χ4n) is 1.36. The Kier molecular flexibility index (Phi) is 4.13. The Morgan fingerprint density at radius 1 is 1.53 bits per heavy atom. The van der Waals surface area contributed by atoms with Crippen LogP contribution < -0.4 is 5.73 Å². The molecule has 17 heavy (non-hydrogen) atoms. The highest BCUT2D eigenvalue weighted by Crippen LogP contribution is 2.26. The van der Waals surface area contributed by atoms with Crippen molar-refractivity contribution in [3.8, 4) is 0 Å². The molecule has 0 aromatic heterocycles. The number of para-hydroxylation sites is 1. The third-order valence-electron chi connectivity index (χ3n) is 2.27. The van der Waals surface area contributed by atoms with Crippen LogP contribution in [0.5, 0.6) is 0 Å². The molecule has 1 aromatic rings. The predicted molar refractivity (Wildman–Crippen MR) is 58.0 cm³/mol. The van der Waals surface area contributed by atoms with Gasteiger partial charge in [0.2, 0.25) is 0 Å². The highest BCUT2D eigenvalue weighted by molar-refractivity contribution is 5.76. The maximum Gasteiger partial charge on any atom is 0.325 e. The number of nitro groups is 1. The number of carbonyl (C=O) groups is 1. The minimum absolute atomic E-state index is 0.0181. The zero-order valence-corrected chi connectivity index (χ0v) is 9.07. The zero-order valence-electron chi connectivity index (χ0n) is 9.07. The lowest BCUT2D eigenvalue weighted by Gasteiger charge is -2.16. The van der Waals surface area contributed by atoms with Crippen LogP contribution in [-0.2, 0) is 9.53 Å². The second-order valence-corrected chi connectivity index (χ2v) is 3.31. The molecule has 7 nitrogen and oxygen atoms in total. The van der Waals surface area contributed by atoms with Crippen molar-refractivity contribution in [3.05, 3.63) is 39.9 Å². The summed E-state index contributed by atoms with van der Waals surface area (Å²) >= 11 is 0. The van der Waals surface area contributed by atoms with Crippen LogP contribution in [0.15, 0.2) is 24.3 Å². The summed E-state index contributed by atoms with van der Waals surface area (Å²) in [5, 5.41) is 20.5. The van der Waals surface area contributed by atoms with Gasteiger partial charge in [0, 0.05) is 6.07 Å². The summed E-state index contributed by atoms with van der Waals surface area (Å²) in [7, 11) is 1.12. The third kappa shape index (κ3) is 2.77. The highest BCUT2D eigenvalue weighted by atomic mass is 16.6. The van der Waals surface area contributed by atoms with Crippen LogP contribution in [0.2, 0.25) is 0 Å². The number of esters is 1. The van der Waals surface area contributed by atoms with Crippen LogP contribution in [0, 0.1) is 10.1 Å². The fraction of sp³-hybridized carbons (Fsp3) is 0.300. The molecule has 0 saturated heterocycles. The van der Waals surface area contributed by atoms with Crippen molar-refractivity contribution in [3.63, 3.8) is 0 Å². The van der Waals surface area contributed by atoms with E-state index < -0.39 is 23.0 Å². The monoisotopic (exact) mass is 240 g/mol. The molecule has 0 radical (unpaired) electrons. The van der Waals surface area contributed by atoms with Crippen molar-refractivity contribution in [1.29, 1.82) is 0 Å². The van der Waals surface area contributed by atoms with Crippen molar-refractivity contribution in [1.82, 2.24) is 0 Å². The van der Waals surface area contributed by atoms with Crippen LogP contribution in [0.3, 0.4) is 0 Å². The van der Waals surface area contributed by atoms with E-state index >= 15 is 0 Å². The maximum atomic E-state index is 11.1. The number of aliphatic hydroxyl groups is 1. The molecular weight excluding hydrogens is 228 g/mol. The number of aliphatic hydroxyl groups excluding tert-OH is 1. The van der Waals surface area contributed by atoms with E-state index in [1.165, 1.54) is 24.3 Å². The van der Waals surface area contributed by atoms with Gasteiger partial charge in [-0.2, -0.15) is 0 Å². The van der Waals surface area contributed by atoms with Gasteiger partial charge in [-0.3, -0.25) is 14.9 Å². The molecule has 0 heterocycles. The zero-order chi connectivity index (χ0) is 13.0. The average Bonchev–Trinajstić information content (AvgIpc) is 2.35. The van der Waals surface area contributed by atoms with Crippen molar-refractivity contribution in [2.24, 2.45) is 5.73 Å². The number of nitro benzene ring substituents is 1. The first-order valence-electron chi connectivity index (χ1n) is 4.73. The number of nitrogens with two attached hydrogens (primary N) is 1. The average molecular weight is 240 g/mol. The van der Waals surface area contributed by atoms with Gasteiger partial charge in [-0.25, -0.2) is 0 Å². The van der Waals surface area contributed by atoms with Crippen LogP contribution in [0.25, 0.3) is 0 Å². The Balaban J connectivity index is 3.07. The standard InChI is InChI=1S/C10H12N2O5/c1-17-10(14)8(11)9(13)6-4-2-3-5-7(6)12(15)16/h2-5,8-9,13H,11H2,1H3/t8-,9+/m0/s1. The quantitative estimate of drug-likeness (QED) is 0.439. The van der Waals surface area contributed by atoms with Crippen molar-refractivity contribution in [2.45, 2.75) is 12.1 Å². The fourth-order valence-corrected chi connectivity index (χ4v) is 1.36. The van der Waals surface area contributed by atoms with Crippen LogP contribution in [0.4, 0.5) is 5.69 Å². The number of rotatable bonds is 4. The molecule has 2 atom stereocenters. The first kappa shape index (κ1) is 13.1. The topological polar surface area (TPSA) is 116 Å². The van der Waals surface area contributed by atoms with Gasteiger partial charge in [-0.1, -0.05) is 12.1 Å². The molecule has 0 unspecified atom stereocenters. The Morgan fingerprint density at radius 3 is 2.65 bits per heavy atom. The van der Waals surface area contributed by atoms with Crippen LogP contribution >= 0.6 is 0 Å². The molecule has 0 saturated carbocycles. The molecule has 0 aliphatic heterocycles. The van der Waals surface area contributed by atoms with Crippen molar-refractivity contribution < 1.29 is 19.6 Å². The molecule has 92 valence electrons. The summed E-state index contributed by atoms with van der Waals surface area (Å²) in [5.74, 6) is -0.837. The number of methoxy groups -OCH3 is 1. The van der Waals surface area contributed by atoms with E-state index in [1.807, 2.05) is 0 Å². The molecular formula is C10H12N2O5. The molecule has 7 heteroatoms. The highest BCUT2D eigenvalue weighted by Gasteiger charge is 2.29. The summed E-state index contributed by atoms with van der Waals surface area (Å²) in [5.41, 5.74) is 5.11. The molecule has 0 spiro atoms. The van der Waals surface area contributed by atoms with Gasteiger partial charge in [0.05, 0.1) is 17.6 Å². The van der Waals surface area contributed by atoms with Gasteiger partial charge in [0.1, 0.15) is 12.1 Å². The van der Waals surface area contributed by atoms with E-state index in [9.17, 15) is 20.0 Å². The van der Waals surface area contributed by atoms with Crippen molar-refractivity contribution >= 4 is 11.7 Å². The summed E-state index contributed by atoms with van der Waals surface area (Å²) in [6.45, 7) is 0. The van der Waals surface area contributed by atoms with E-state index in [4.69, 9.17) is 5.73 Å². The largest absolute Gasteiger partial charge is 0.468 e. The van der Waals surface area contributed by atoms with Gasteiger partial charge >= 0.3 is 5.97 Å². The number of ether oxygens (including phenoxy) is 1. The minimum Gasteiger partial charge on any atom is -0.468 e. The molecule has 1 aromatic carbocycles. The maximum absolute atomic E-state index is 11.1. The summed E-state index contributed by atoms with van der Waals surface area (Å²) < 4.78 is 4.36. The molecule has 0 aliphatic carbocycles. The lowest BCUT2D eigenvalue weighted by Crippen LogP contribution is -2.37. The first-order valence-corrected chi connectivity index (χ1v) is 4.73. The SMILES string of the molecule is COC(=O)[C@@H](N)[C@H](O)c1ccccc1[N+](=O)[O-]. The van der Waals surface area contributed by atoms with E-state index in [0.29, 0.717) is 0 Å². The summed E-state index contributed by atoms with van der Waals surface area (Å²) in [6, 6.07) is 4.17. The van der Waals surface area contributed by atoms with Gasteiger partial charge in [-0.15, -0.1) is 0 Å². The van der Waals surface area contributed by atoms with Crippen LogP contribution in [0.1, 0.15) is 11.7 Å². The number of hydrogen-bond donors (Lipinski definition) is 2. The van der Waals surface area contributed by atoms with Gasteiger partial charge in [0.25, 0.3) is 5.69 Å². The molecule has 0 bridgehead atoms. The Morgan fingerprint density at radius 2 is 2.12 bits per heavy atom. The van der Waals surface area contributed by atoms with Gasteiger partial charge < -0.3 is 15.6 Å². The van der Waals surface area contributed by atoms with Gasteiger partial charge in [-0.05, 0) is 6.07 Å². The third-order valence-corrected chi connectivity index (χ3v) is 2.27. The first-order chi connectivity index (χ1) is 7.99. The second-order valence-electron chi connectivity index (χ2n) is 3.31. The normalized spacial score (nSPS) is 13.8. The van der Waals surface area contributed by atoms with Gasteiger partial charge in [0.15, 0.2) is 0 Å². The Hall–Kier alpha value is -1.99. The van der Waals surface area contributed by atoms with Crippen molar-refractivity contribution in [2.75, 3.05) is 7.11 Å². The second kappa shape index (κ2) is 5.37. The molecule has 0 aliphatic rings. The van der Waals surface area contributed by atoms with E-state index in [-0.39, 0.29) is 11.3 Å². The minimum atomic E-state index is -1.48. The number of carbonyl (C=O) groups excluding carboxylic acids is 1. The molecule has 0 amide bonds. The molecule has 3 N–H and O–H groups in total.